The molecule has 1 aliphatic rings. The molecule has 0 aliphatic carbocycles. The Morgan fingerprint density at radius 2 is 2.21 bits per heavy atom. The minimum absolute atomic E-state index is 0.0238. The summed E-state index contributed by atoms with van der Waals surface area (Å²) in [4.78, 5) is 34.8. The lowest BCUT2D eigenvalue weighted by Gasteiger charge is -2.32. The zero-order chi connectivity index (χ0) is 20.2. The number of H-pyrrole nitrogens is 1. The monoisotopic (exact) mass is 412 g/mol. The van der Waals surface area contributed by atoms with E-state index in [0.29, 0.717) is 35.9 Å². The SMILES string of the molecule is COCCNC(=O)[C@H]1CCCN(c2nc3c(-c4ccccc4)csc3c(=O)[nH]2)C1. The number of ether oxygens (including phenoxy) is 1. The van der Waals surface area contributed by atoms with Crippen LogP contribution in [0.4, 0.5) is 5.95 Å². The van der Waals surface area contributed by atoms with E-state index in [0.717, 1.165) is 30.5 Å². The molecule has 1 saturated heterocycles. The number of nitrogens with zero attached hydrogens (tertiary/aromatic N) is 2. The Morgan fingerprint density at radius 3 is 3.00 bits per heavy atom. The zero-order valence-electron chi connectivity index (χ0n) is 16.3. The Balaban J connectivity index is 1.60. The number of aromatic amines is 1. The number of rotatable bonds is 6. The van der Waals surface area contributed by atoms with Crippen LogP contribution in [0, 0.1) is 5.92 Å². The van der Waals surface area contributed by atoms with Gasteiger partial charge in [-0.1, -0.05) is 30.3 Å². The van der Waals surface area contributed by atoms with Crippen molar-refractivity contribution >= 4 is 33.4 Å². The second-order valence-corrected chi connectivity index (χ2v) is 8.03. The summed E-state index contributed by atoms with van der Waals surface area (Å²) in [6.07, 6.45) is 1.70. The number of fused-ring (bicyclic) bond motifs is 1. The first-order valence-corrected chi connectivity index (χ1v) is 10.6. The molecule has 1 aromatic carbocycles. The number of carbonyl (C=O) groups is 1. The highest BCUT2D eigenvalue weighted by molar-refractivity contribution is 7.17. The Bertz CT molecular complexity index is 1050. The van der Waals surface area contributed by atoms with Crippen LogP contribution in [0.25, 0.3) is 21.3 Å². The minimum atomic E-state index is -0.135. The summed E-state index contributed by atoms with van der Waals surface area (Å²) in [6.45, 7) is 2.30. The molecule has 1 amide bonds. The van der Waals surface area contributed by atoms with E-state index >= 15 is 0 Å². The van der Waals surface area contributed by atoms with Crippen molar-refractivity contribution in [2.75, 3.05) is 38.3 Å². The van der Waals surface area contributed by atoms with E-state index < -0.39 is 0 Å². The van der Waals surface area contributed by atoms with Crippen molar-refractivity contribution in [2.45, 2.75) is 12.8 Å². The van der Waals surface area contributed by atoms with Crippen LogP contribution in [-0.2, 0) is 9.53 Å². The summed E-state index contributed by atoms with van der Waals surface area (Å²) in [5.41, 5.74) is 2.58. The molecule has 0 spiro atoms. The lowest BCUT2D eigenvalue weighted by atomic mass is 9.97. The number of aromatic nitrogens is 2. The van der Waals surface area contributed by atoms with Crippen LogP contribution in [0.15, 0.2) is 40.5 Å². The van der Waals surface area contributed by atoms with Crippen molar-refractivity contribution in [2.24, 2.45) is 5.92 Å². The van der Waals surface area contributed by atoms with Gasteiger partial charge in [0.15, 0.2) is 0 Å². The average molecular weight is 413 g/mol. The molecule has 1 fully saturated rings. The van der Waals surface area contributed by atoms with E-state index in [1.807, 2.05) is 40.6 Å². The number of hydrogen-bond acceptors (Lipinski definition) is 6. The first kappa shape index (κ1) is 19.6. The number of methoxy groups -OCH3 is 1. The molecule has 4 rings (SSSR count). The predicted molar refractivity (Wildman–Crippen MR) is 115 cm³/mol. The molecule has 2 N–H and O–H groups in total. The standard InChI is InChI=1S/C21H24N4O3S/c1-28-11-9-22-19(26)15-8-5-10-25(12-15)21-23-17-16(14-6-3-2-4-7-14)13-29-18(17)20(27)24-21/h2-4,6-7,13,15H,5,8-12H2,1H3,(H,22,26)(H,23,24,27)/t15-/m0/s1. The Morgan fingerprint density at radius 1 is 1.38 bits per heavy atom. The van der Waals surface area contributed by atoms with Crippen LogP contribution in [0.2, 0.25) is 0 Å². The first-order valence-electron chi connectivity index (χ1n) is 9.76. The normalized spacial score (nSPS) is 16.9. The molecule has 0 bridgehead atoms. The summed E-state index contributed by atoms with van der Waals surface area (Å²) in [6, 6.07) is 9.96. The van der Waals surface area contributed by atoms with Crippen molar-refractivity contribution in [3.63, 3.8) is 0 Å². The van der Waals surface area contributed by atoms with Gasteiger partial charge in [0, 0.05) is 37.7 Å². The minimum Gasteiger partial charge on any atom is -0.383 e. The third kappa shape index (κ3) is 4.18. The van der Waals surface area contributed by atoms with Crippen LogP contribution >= 0.6 is 11.3 Å². The number of anilines is 1. The number of amides is 1. The van der Waals surface area contributed by atoms with Gasteiger partial charge in [0.25, 0.3) is 5.56 Å². The first-order chi connectivity index (χ1) is 14.2. The van der Waals surface area contributed by atoms with Crippen LogP contribution in [0.3, 0.4) is 0 Å². The van der Waals surface area contributed by atoms with Crippen molar-refractivity contribution in [3.8, 4) is 11.1 Å². The highest BCUT2D eigenvalue weighted by atomic mass is 32.1. The second kappa shape index (κ2) is 8.75. The number of hydrogen-bond donors (Lipinski definition) is 2. The molecule has 7 nitrogen and oxygen atoms in total. The van der Waals surface area contributed by atoms with E-state index in [1.165, 1.54) is 11.3 Å². The maximum atomic E-state index is 12.7. The molecule has 3 heterocycles. The smallest absolute Gasteiger partial charge is 0.270 e. The molecule has 2 aromatic heterocycles. The summed E-state index contributed by atoms with van der Waals surface area (Å²) in [5.74, 6) is 0.431. The molecule has 8 heteroatoms. The van der Waals surface area contributed by atoms with Crippen molar-refractivity contribution < 1.29 is 9.53 Å². The summed E-state index contributed by atoms with van der Waals surface area (Å²) in [5, 5.41) is 4.89. The molecule has 3 aromatic rings. The summed E-state index contributed by atoms with van der Waals surface area (Å²) < 4.78 is 5.61. The Hall–Kier alpha value is -2.71. The lowest BCUT2D eigenvalue weighted by Crippen LogP contribution is -2.44. The summed E-state index contributed by atoms with van der Waals surface area (Å²) in [7, 11) is 1.61. The fourth-order valence-corrected chi connectivity index (χ4v) is 4.60. The average Bonchev–Trinajstić information content (AvgIpc) is 3.19. The van der Waals surface area contributed by atoms with E-state index in [1.54, 1.807) is 7.11 Å². The van der Waals surface area contributed by atoms with Crippen molar-refractivity contribution in [1.82, 2.24) is 15.3 Å². The molecular formula is C21H24N4O3S. The number of benzene rings is 1. The van der Waals surface area contributed by atoms with Crippen LogP contribution in [0.1, 0.15) is 12.8 Å². The lowest BCUT2D eigenvalue weighted by molar-refractivity contribution is -0.125. The van der Waals surface area contributed by atoms with Crippen LogP contribution in [-0.4, -0.2) is 49.2 Å². The predicted octanol–water partition coefficient (Wildman–Crippen LogP) is 2.63. The molecule has 1 atom stereocenters. The number of nitrogens with one attached hydrogen (secondary N) is 2. The molecule has 29 heavy (non-hydrogen) atoms. The van der Waals surface area contributed by atoms with Gasteiger partial charge in [-0.05, 0) is 18.4 Å². The van der Waals surface area contributed by atoms with Gasteiger partial charge in [0.05, 0.1) is 18.0 Å². The topological polar surface area (TPSA) is 87.3 Å². The quantitative estimate of drug-likeness (QED) is 0.608. The van der Waals surface area contributed by atoms with Crippen molar-refractivity contribution in [3.05, 3.63) is 46.1 Å². The van der Waals surface area contributed by atoms with Crippen molar-refractivity contribution in [1.29, 1.82) is 0 Å². The van der Waals surface area contributed by atoms with Gasteiger partial charge in [-0.3, -0.25) is 14.6 Å². The van der Waals surface area contributed by atoms with E-state index in [-0.39, 0.29) is 17.4 Å². The number of thiophene rings is 1. The van der Waals surface area contributed by atoms with Gasteiger partial charge in [0.1, 0.15) is 4.70 Å². The van der Waals surface area contributed by atoms with Crippen LogP contribution in [0.5, 0.6) is 0 Å². The van der Waals surface area contributed by atoms with E-state index in [4.69, 9.17) is 9.72 Å². The molecular weight excluding hydrogens is 388 g/mol. The van der Waals surface area contributed by atoms with Gasteiger partial charge in [-0.2, -0.15) is 0 Å². The molecule has 0 radical (unpaired) electrons. The summed E-state index contributed by atoms with van der Waals surface area (Å²) >= 11 is 1.41. The Labute approximate surface area is 172 Å². The highest BCUT2D eigenvalue weighted by Gasteiger charge is 2.27. The van der Waals surface area contributed by atoms with Gasteiger partial charge < -0.3 is 15.0 Å². The molecule has 152 valence electrons. The zero-order valence-corrected chi connectivity index (χ0v) is 17.1. The maximum Gasteiger partial charge on any atom is 0.270 e. The van der Waals surface area contributed by atoms with Gasteiger partial charge >= 0.3 is 0 Å². The van der Waals surface area contributed by atoms with Gasteiger partial charge in [-0.15, -0.1) is 11.3 Å². The van der Waals surface area contributed by atoms with Gasteiger partial charge in [-0.25, -0.2) is 4.98 Å². The second-order valence-electron chi connectivity index (χ2n) is 7.15. The third-order valence-electron chi connectivity index (χ3n) is 5.20. The molecule has 0 saturated carbocycles. The van der Waals surface area contributed by atoms with E-state index in [2.05, 4.69) is 10.3 Å². The third-order valence-corrected chi connectivity index (χ3v) is 6.16. The fraction of sp³-hybridized carbons (Fsp3) is 0.381. The largest absolute Gasteiger partial charge is 0.383 e. The highest BCUT2D eigenvalue weighted by Crippen LogP contribution is 2.32. The van der Waals surface area contributed by atoms with E-state index in [9.17, 15) is 9.59 Å². The Kier molecular flexibility index (Phi) is 5.92. The number of piperidine rings is 1. The maximum absolute atomic E-state index is 12.7. The molecule has 1 aliphatic heterocycles. The van der Waals surface area contributed by atoms with Gasteiger partial charge in [0.2, 0.25) is 11.9 Å². The fourth-order valence-electron chi connectivity index (χ4n) is 3.69. The van der Waals surface area contributed by atoms with Crippen LogP contribution < -0.4 is 15.8 Å². The number of carbonyl (C=O) groups excluding carboxylic acids is 1. The molecule has 0 unspecified atom stereocenters.